The first-order chi connectivity index (χ1) is 20.2. The van der Waals surface area contributed by atoms with E-state index in [0.29, 0.717) is 44.1 Å². The maximum absolute atomic E-state index is 13.8. The lowest BCUT2D eigenvalue weighted by Crippen LogP contribution is -2.45. The van der Waals surface area contributed by atoms with Crippen LogP contribution >= 0.6 is 15.9 Å². The van der Waals surface area contributed by atoms with Crippen molar-refractivity contribution in [2.24, 2.45) is 0 Å². The standard InChI is InChI=1S/C32H36BrN3O6/c1-21-10-9-11-28(35-16-7-6-8-17-35)31(21)32(38)34-36(24-12-14-25(40-4)15-13-24)42-30(37)19-23-18-29(41-5)26(20-27(23)33)22(2)39-3/h9-15,18,20H,2,6-8,16-17,19H2,1,3-5H3,(H,34,38). The second-order valence-electron chi connectivity index (χ2n) is 9.86. The predicted molar refractivity (Wildman–Crippen MR) is 167 cm³/mol. The predicted octanol–water partition coefficient (Wildman–Crippen LogP) is 6.23. The third-order valence-electron chi connectivity index (χ3n) is 7.13. The Hall–Kier alpha value is -4.18. The van der Waals surface area contributed by atoms with Crippen molar-refractivity contribution < 1.29 is 28.6 Å². The van der Waals surface area contributed by atoms with Crippen LogP contribution in [-0.2, 0) is 20.8 Å². The van der Waals surface area contributed by atoms with Gasteiger partial charge in [0.25, 0.3) is 5.91 Å². The van der Waals surface area contributed by atoms with Crippen LogP contribution in [0.25, 0.3) is 5.76 Å². The lowest BCUT2D eigenvalue weighted by Gasteiger charge is -2.31. The molecule has 0 radical (unpaired) electrons. The van der Waals surface area contributed by atoms with Gasteiger partial charge in [0.2, 0.25) is 0 Å². The molecule has 1 heterocycles. The molecular formula is C32H36BrN3O6. The van der Waals surface area contributed by atoms with Gasteiger partial charge in [-0.15, -0.1) is 5.17 Å². The number of anilines is 2. The summed E-state index contributed by atoms with van der Waals surface area (Å²) >= 11 is 3.53. The fourth-order valence-electron chi connectivity index (χ4n) is 4.87. The molecule has 1 N–H and O–H groups in total. The molecule has 0 aliphatic carbocycles. The molecule has 42 heavy (non-hydrogen) atoms. The maximum Gasteiger partial charge on any atom is 0.339 e. The fraction of sp³-hybridized carbons (Fsp3) is 0.312. The molecule has 10 heteroatoms. The zero-order valence-corrected chi connectivity index (χ0v) is 26.0. The number of amides is 1. The molecule has 0 saturated carbocycles. The van der Waals surface area contributed by atoms with E-state index in [0.717, 1.165) is 42.4 Å². The summed E-state index contributed by atoms with van der Waals surface area (Å²) in [7, 11) is 4.62. The number of nitrogens with one attached hydrogen (secondary N) is 1. The molecule has 0 aromatic heterocycles. The van der Waals surface area contributed by atoms with Crippen molar-refractivity contribution in [1.29, 1.82) is 0 Å². The first kappa shape index (κ1) is 30.8. The summed E-state index contributed by atoms with van der Waals surface area (Å²) in [6.45, 7) is 7.56. The highest BCUT2D eigenvalue weighted by Crippen LogP contribution is 2.33. The van der Waals surface area contributed by atoms with Gasteiger partial charge in [-0.3, -0.25) is 4.79 Å². The number of carbonyl (C=O) groups is 2. The summed E-state index contributed by atoms with van der Waals surface area (Å²) in [4.78, 5) is 35.1. The molecule has 1 aliphatic heterocycles. The normalized spacial score (nSPS) is 12.7. The molecule has 1 amide bonds. The number of nitrogens with zero attached hydrogens (tertiary/aromatic N) is 2. The van der Waals surface area contributed by atoms with Gasteiger partial charge in [0.1, 0.15) is 17.3 Å². The Bertz CT molecular complexity index is 1440. The minimum atomic E-state index is -0.603. The quantitative estimate of drug-likeness (QED) is 0.195. The second kappa shape index (κ2) is 14.1. The van der Waals surface area contributed by atoms with Gasteiger partial charge in [0.05, 0.1) is 44.6 Å². The largest absolute Gasteiger partial charge is 0.497 e. The van der Waals surface area contributed by atoms with Gasteiger partial charge in [-0.05, 0) is 79.8 Å². The molecule has 1 fully saturated rings. The molecule has 0 spiro atoms. The van der Waals surface area contributed by atoms with Crippen LogP contribution in [-0.4, -0.2) is 46.3 Å². The third kappa shape index (κ3) is 7.17. The highest BCUT2D eigenvalue weighted by Gasteiger charge is 2.24. The summed E-state index contributed by atoms with van der Waals surface area (Å²) in [6, 6.07) is 16.1. The van der Waals surface area contributed by atoms with E-state index in [-0.39, 0.29) is 12.3 Å². The van der Waals surface area contributed by atoms with E-state index in [1.165, 1.54) is 20.6 Å². The van der Waals surface area contributed by atoms with Crippen molar-refractivity contribution >= 4 is 44.9 Å². The van der Waals surface area contributed by atoms with Gasteiger partial charge in [0, 0.05) is 23.2 Å². The first-order valence-corrected chi connectivity index (χ1v) is 14.4. The van der Waals surface area contributed by atoms with E-state index in [4.69, 9.17) is 19.0 Å². The van der Waals surface area contributed by atoms with E-state index in [1.807, 2.05) is 25.1 Å². The SMILES string of the molecule is C=C(OC)c1cc(Br)c(CC(=O)ON(NC(=O)c2c(C)cccc2N2CCCCC2)c2ccc(OC)cc2)cc1OC. The van der Waals surface area contributed by atoms with Crippen LogP contribution in [0.4, 0.5) is 11.4 Å². The number of hydrogen-bond donors (Lipinski definition) is 1. The van der Waals surface area contributed by atoms with E-state index < -0.39 is 5.97 Å². The first-order valence-electron chi connectivity index (χ1n) is 13.7. The number of carbonyl (C=O) groups excluding carboxylic acids is 2. The summed E-state index contributed by atoms with van der Waals surface area (Å²) in [5.74, 6) is 0.556. The number of halogens is 1. The van der Waals surface area contributed by atoms with Crippen molar-refractivity contribution in [2.75, 3.05) is 44.5 Å². The number of piperidine rings is 1. The second-order valence-corrected chi connectivity index (χ2v) is 10.7. The van der Waals surface area contributed by atoms with Gasteiger partial charge in [-0.25, -0.2) is 10.2 Å². The average molecular weight is 639 g/mol. The van der Waals surface area contributed by atoms with Crippen molar-refractivity contribution in [3.8, 4) is 11.5 Å². The van der Waals surface area contributed by atoms with Crippen LogP contribution < -0.4 is 25.0 Å². The topological polar surface area (TPSA) is 89.6 Å². The monoisotopic (exact) mass is 637 g/mol. The van der Waals surface area contributed by atoms with Crippen LogP contribution in [0.5, 0.6) is 11.5 Å². The Morgan fingerprint density at radius 2 is 1.71 bits per heavy atom. The van der Waals surface area contributed by atoms with Crippen molar-refractivity contribution in [3.63, 3.8) is 0 Å². The van der Waals surface area contributed by atoms with E-state index in [9.17, 15) is 9.59 Å². The summed E-state index contributed by atoms with van der Waals surface area (Å²) in [5.41, 5.74) is 6.75. The number of ether oxygens (including phenoxy) is 3. The number of hydrogen-bond acceptors (Lipinski definition) is 8. The molecule has 1 saturated heterocycles. The molecule has 0 unspecified atom stereocenters. The highest BCUT2D eigenvalue weighted by atomic mass is 79.9. The molecular weight excluding hydrogens is 602 g/mol. The minimum Gasteiger partial charge on any atom is -0.497 e. The lowest BCUT2D eigenvalue weighted by atomic mass is 10.0. The van der Waals surface area contributed by atoms with E-state index in [2.05, 4.69) is 32.8 Å². The summed E-state index contributed by atoms with van der Waals surface area (Å²) < 4.78 is 16.7. The number of methoxy groups -OCH3 is 3. The Balaban J connectivity index is 1.61. The Morgan fingerprint density at radius 1 is 1.00 bits per heavy atom. The average Bonchev–Trinajstić information content (AvgIpc) is 3.01. The number of aryl methyl sites for hydroxylation is 1. The van der Waals surface area contributed by atoms with Gasteiger partial charge in [-0.1, -0.05) is 34.6 Å². The minimum absolute atomic E-state index is 0.109. The Morgan fingerprint density at radius 3 is 2.36 bits per heavy atom. The molecule has 0 bridgehead atoms. The van der Waals surface area contributed by atoms with Crippen molar-refractivity contribution in [2.45, 2.75) is 32.6 Å². The van der Waals surface area contributed by atoms with Gasteiger partial charge >= 0.3 is 5.97 Å². The molecule has 1 aliphatic rings. The maximum atomic E-state index is 13.8. The smallest absolute Gasteiger partial charge is 0.339 e. The highest BCUT2D eigenvalue weighted by molar-refractivity contribution is 9.10. The Labute approximate surface area is 255 Å². The Kier molecular flexibility index (Phi) is 10.4. The summed E-state index contributed by atoms with van der Waals surface area (Å²) in [5, 5.41) is 1.10. The fourth-order valence-corrected chi connectivity index (χ4v) is 5.35. The molecule has 0 atom stereocenters. The molecule has 222 valence electrons. The summed E-state index contributed by atoms with van der Waals surface area (Å²) in [6.07, 6.45) is 3.22. The van der Waals surface area contributed by atoms with Gasteiger partial charge in [0.15, 0.2) is 0 Å². The van der Waals surface area contributed by atoms with Crippen LogP contribution in [0.15, 0.2) is 65.6 Å². The zero-order valence-electron chi connectivity index (χ0n) is 24.4. The van der Waals surface area contributed by atoms with Crippen molar-refractivity contribution in [1.82, 2.24) is 5.43 Å². The van der Waals surface area contributed by atoms with Crippen LogP contribution in [0.1, 0.15) is 46.3 Å². The zero-order chi connectivity index (χ0) is 30.2. The van der Waals surface area contributed by atoms with Gasteiger partial charge < -0.3 is 23.9 Å². The lowest BCUT2D eigenvalue weighted by molar-refractivity contribution is -0.145. The molecule has 3 aromatic rings. The molecule has 3 aromatic carbocycles. The number of benzene rings is 3. The molecule has 9 nitrogen and oxygen atoms in total. The number of hydrazine groups is 1. The van der Waals surface area contributed by atoms with E-state index >= 15 is 0 Å². The van der Waals surface area contributed by atoms with Crippen LogP contribution in [0.2, 0.25) is 0 Å². The van der Waals surface area contributed by atoms with Crippen LogP contribution in [0, 0.1) is 6.92 Å². The van der Waals surface area contributed by atoms with Crippen molar-refractivity contribution in [3.05, 3.63) is 87.9 Å². The number of rotatable bonds is 11. The van der Waals surface area contributed by atoms with Gasteiger partial charge in [-0.2, -0.15) is 0 Å². The van der Waals surface area contributed by atoms with Crippen LogP contribution in [0.3, 0.4) is 0 Å². The molecule has 4 rings (SSSR count). The third-order valence-corrected chi connectivity index (χ3v) is 7.87. The van der Waals surface area contributed by atoms with E-state index in [1.54, 1.807) is 43.5 Å².